The molecule has 0 atom stereocenters. The van der Waals surface area contributed by atoms with Crippen LogP contribution in [0.2, 0.25) is 39.3 Å². The van der Waals surface area contributed by atoms with Crippen molar-refractivity contribution in [3.05, 3.63) is 154 Å². The molecule has 0 saturated heterocycles. The first-order chi connectivity index (χ1) is 19.1. The van der Waals surface area contributed by atoms with Gasteiger partial charge in [0.25, 0.3) is 0 Å². The zero-order valence-corrected chi connectivity index (χ0v) is 26.5. The van der Waals surface area contributed by atoms with Crippen LogP contribution in [0.15, 0.2) is 121 Å². The second kappa shape index (κ2) is 12.8. The van der Waals surface area contributed by atoms with E-state index in [2.05, 4.69) is 184 Å². The Morgan fingerprint density at radius 1 is 0.425 bits per heavy atom. The van der Waals surface area contributed by atoms with Crippen molar-refractivity contribution >= 4 is 27.3 Å². The molecule has 0 unspecified atom stereocenters. The summed E-state index contributed by atoms with van der Waals surface area (Å²) in [7, 11) is -2.81. The van der Waals surface area contributed by atoms with Crippen molar-refractivity contribution < 1.29 is 0 Å². The summed E-state index contributed by atoms with van der Waals surface area (Å²) in [4.78, 5) is 0. The molecule has 0 aliphatic heterocycles. The van der Waals surface area contributed by atoms with Crippen LogP contribution >= 0.6 is 0 Å². The lowest BCUT2D eigenvalue weighted by Gasteiger charge is -2.16. The Kier molecular flexibility index (Phi) is 9.28. The molecule has 2 heteroatoms. The first-order valence-electron chi connectivity index (χ1n) is 13.9. The quantitative estimate of drug-likeness (QED) is 0.166. The lowest BCUT2D eigenvalue weighted by atomic mass is 9.98. The number of rotatable bonds is 6. The van der Waals surface area contributed by atoms with Crippen LogP contribution in [0.3, 0.4) is 0 Å². The standard InChI is InChI=1S/C38H38Si2/c1-39(2,3)29-37(33-17-9-7-10-18-33)35-25-21-31(22-26-35)15-13-14-16-32-23-27-36(28-24-32)38(30-40(4,5)6)34-19-11-8-12-20-34/h7-12,17-30H,1-6H3/b37-29-,38-30-. The molecule has 0 saturated carbocycles. The van der Waals surface area contributed by atoms with Crippen LogP contribution in [0.4, 0.5) is 0 Å². The van der Waals surface area contributed by atoms with Crippen LogP contribution in [-0.4, -0.2) is 16.1 Å². The van der Waals surface area contributed by atoms with E-state index in [-0.39, 0.29) is 0 Å². The van der Waals surface area contributed by atoms with E-state index in [0.717, 1.165) is 11.1 Å². The molecule has 0 heterocycles. The van der Waals surface area contributed by atoms with Gasteiger partial charge in [-0.1, -0.05) is 147 Å². The van der Waals surface area contributed by atoms with Crippen molar-refractivity contribution in [2.45, 2.75) is 39.3 Å². The maximum absolute atomic E-state index is 3.21. The molecule has 4 aromatic rings. The maximum Gasteiger partial charge on any atom is 0.0695 e. The molecule has 0 aromatic heterocycles. The molecule has 40 heavy (non-hydrogen) atoms. The van der Waals surface area contributed by atoms with Crippen molar-refractivity contribution in [2.24, 2.45) is 0 Å². The molecule has 4 rings (SSSR count). The highest BCUT2D eigenvalue weighted by Crippen LogP contribution is 2.27. The zero-order chi connectivity index (χ0) is 28.6. The van der Waals surface area contributed by atoms with E-state index in [1.165, 1.54) is 33.4 Å². The van der Waals surface area contributed by atoms with Gasteiger partial charge in [0.2, 0.25) is 0 Å². The zero-order valence-electron chi connectivity index (χ0n) is 24.5. The highest BCUT2D eigenvalue weighted by molar-refractivity contribution is 6.82. The van der Waals surface area contributed by atoms with Crippen LogP contribution in [0.5, 0.6) is 0 Å². The van der Waals surface area contributed by atoms with Gasteiger partial charge in [0.15, 0.2) is 0 Å². The van der Waals surface area contributed by atoms with E-state index in [1.807, 2.05) is 0 Å². The lowest BCUT2D eigenvalue weighted by Crippen LogP contribution is -2.17. The Morgan fingerprint density at radius 2 is 0.725 bits per heavy atom. The minimum absolute atomic E-state index is 0.970. The topological polar surface area (TPSA) is 0 Å². The molecule has 0 spiro atoms. The predicted molar refractivity (Wildman–Crippen MR) is 180 cm³/mol. The van der Waals surface area contributed by atoms with Crippen molar-refractivity contribution in [2.75, 3.05) is 0 Å². The van der Waals surface area contributed by atoms with Crippen molar-refractivity contribution in [1.82, 2.24) is 0 Å². The summed E-state index contributed by atoms with van der Waals surface area (Å²) in [6.07, 6.45) is 0. The monoisotopic (exact) mass is 550 g/mol. The van der Waals surface area contributed by atoms with Gasteiger partial charge in [0.05, 0.1) is 16.1 Å². The minimum Gasteiger partial charge on any atom is -0.0867 e. The molecule has 198 valence electrons. The smallest absolute Gasteiger partial charge is 0.0695 e. The van der Waals surface area contributed by atoms with Crippen LogP contribution in [0, 0.1) is 23.7 Å². The van der Waals surface area contributed by atoms with Gasteiger partial charge in [-0.2, -0.15) is 0 Å². The average molecular weight is 551 g/mol. The molecule has 0 amide bonds. The molecule has 0 nitrogen and oxygen atoms in total. The summed E-state index contributed by atoms with van der Waals surface area (Å²) in [6, 6.07) is 38.4. The van der Waals surface area contributed by atoms with Gasteiger partial charge >= 0.3 is 0 Å². The molecule has 0 aliphatic carbocycles. The van der Waals surface area contributed by atoms with Crippen molar-refractivity contribution in [1.29, 1.82) is 0 Å². The van der Waals surface area contributed by atoms with E-state index >= 15 is 0 Å². The van der Waals surface area contributed by atoms with Gasteiger partial charge in [-0.15, -0.1) is 0 Å². The minimum atomic E-state index is -1.41. The highest BCUT2D eigenvalue weighted by atomic mass is 28.3. The van der Waals surface area contributed by atoms with Crippen LogP contribution in [-0.2, 0) is 0 Å². The molecule has 0 fully saturated rings. The lowest BCUT2D eigenvalue weighted by molar-refractivity contribution is 1.53. The predicted octanol–water partition coefficient (Wildman–Crippen LogP) is 9.71. The van der Waals surface area contributed by atoms with Crippen molar-refractivity contribution in [3.63, 3.8) is 0 Å². The fourth-order valence-electron chi connectivity index (χ4n) is 4.44. The molecular weight excluding hydrogens is 513 g/mol. The van der Waals surface area contributed by atoms with Gasteiger partial charge in [0.1, 0.15) is 0 Å². The number of hydrogen-bond donors (Lipinski definition) is 0. The Morgan fingerprint density at radius 3 is 1.02 bits per heavy atom. The summed E-state index contributed by atoms with van der Waals surface area (Å²) < 4.78 is 0. The fourth-order valence-corrected chi connectivity index (χ4v) is 6.84. The summed E-state index contributed by atoms with van der Waals surface area (Å²) in [5, 5.41) is 0. The first-order valence-corrected chi connectivity index (χ1v) is 21.0. The molecule has 0 aliphatic rings. The summed E-state index contributed by atoms with van der Waals surface area (Å²) >= 11 is 0. The maximum atomic E-state index is 3.21. The third kappa shape index (κ3) is 8.72. The SMILES string of the molecule is C[Si](C)(C)/C=C(/c1ccccc1)c1ccc(C#CC#Cc2ccc(/C(=C\[Si](C)(C)C)c3ccccc3)cc2)cc1. The van der Waals surface area contributed by atoms with E-state index in [0.29, 0.717) is 0 Å². The van der Waals surface area contributed by atoms with Crippen LogP contribution < -0.4 is 0 Å². The molecule has 0 bridgehead atoms. The first kappa shape index (κ1) is 28.9. The van der Waals surface area contributed by atoms with Gasteiger partial charge in [-0.3, -0.25) is 0 Å². The highest BCUT2D eigenvalue weighted by Gasteiger charge is 2.15. The average Bonchev–Trinajstić information content (AvgIpc) is 2.94. The van der Waals surface area contributed by atoms with Crippen LogP contribution in [0.25, 0.3) is 11.1 Å². The third-order valence-electron chi connectivity index (χ3n) is 6.19. The summed E-state index contributed by atoms with van der Waals surface area (Å²) in [5.74, 6) is 12.5. The van der Waals surface area contributed by atoms with Gasteiger partial charge in [0, 0.05) is 11.1 Å². The fraction of sp³-hybridized carbons (Fsp3) is 0.158. The summed E-state index contributed by atoms with van der Waals surface area (Å²) in [5.41, 5.74) is 14.5. The van der Waals surface area contributed by atoms with E-state index in [1.54, 1.807) is 0 Å². The molecule has 4 aromatic carbocycles. The number of benzene rings is 4. The normalized spacial score (nSPS) is 12.2. The second-order valence-electron chi connectivity index (χ2n) is 12.2. The Hall–Kier alpha value is -4.09. The van der Waals surface area contributed by atoms with Crippen molar-refractivity contribution in [3.8, 4) is 23.7 Å². The Bertz CT molecular complexity index is 1480. The van der Waals surface area contributed by atoms with Gasteiger partial charge in [-0.25, -0.2) is 0 Å². The van der Waals surface area contributed by atoms with Gasteiger partial charge in [-0.05, 0) is 69.5 Å². The molecular formula is C38H38Si2. The second-order valence-corrected chi connectivity index (χ2v) is 22.3. The van der Waals surface area contributed by atoms with E-state index in [4.69, 9.17) is 0 Å². The number of hydrogen-bond acceptors (Lipinski definition) is 0. The van der Waals surface area contributed by atoms with E-state index in [9.17, 15) is 0 Å². The van der Waals surface area contributed by atoms with E-state index < -0.39 is 16.1 Å². The third-order valence-corrected chi connectivity index (χ3v) is 8.50. The van der Waals surface area contributed by atoms with Crippen LogP contribution in [0.1, 0.15) is 33.4 Å². The molecule has 0 radical (unpaired) electrons. The largest absolute Gasteiger partial charge is 0.0867 e. The summed E-state index contributed by atoms with van der Waals surface area (Å²) in [6.45, 7) is 14.2. The molecule has 0 N–H and O–H groups in total. The van der Waals surface area contributed by atoms with Gasteiger partial charge < -0.3 is 0 Å². The Labute approximate surface area is 243 Å². The Balaban J connectivity index is 1.51.